The first-order valence-electron chi connectivity index (χ1n) is 8.63. The molecule has 0 aliphatic heterocycles. The summed E-state index contributed by atoms with van der Waals surface area (Å²) in [7, 11) is 0. The van der Waals surface area contributed by atoms with Gasteiger partial charge in [0, 0.05) is 0 Å². The first kappa shape index (κ1) is 11.8. The highest BCUT2D eigenvalue weighted by atomic mass is 14.6. The van der Waals surface area contributed by atoms with Crippen molar-refractivity contribution in [2.24, 2.45) is 34.5 Å². The standard InChI is InChI=1S/C18H30/c1-17-10-5-7-15(17)14-9-8-13-6-3-4-11-18(13,2)16(14)12-17/h13-16H,3-12H2,1-2H3/t13?,14?,15-,16?,17-,18-/m0/s1. The smallest absolute Gasteiger partial charge is 0.0266 e. The lowest BCUT2D eigenvalue weighted by Gasteiger charge is -2.53. The third-order valence-electron chi connectivity index (χ3n) is 8.02. The second-order valence-electron chi connectivity index (χ2n) is 8.65. The van der Waals surface area contributed by atoms with E-state index in [2.05, 4.69) is 13.8 Å². The Morgan fingerprint density at radius 3 is 2.56 bits per heavy atom. The van der Waals surface area contributed by atoms with Gasteiger partial charge in [-0.15, -0.1) is 0 Å². The van der Waals surface area contributed by atoms with E-state index in [0.29, 0.717) is 0 Å². The van der Waals surface area contributed by atoms with Gasteiger partial charge in [-0.05, 0) is 79.4 Å². The molecule has 0 aromatic heterocycles. The van der Waals surface area contributed by atoms with Crippen molar-refractivity contribution in [3.05, 3.63) is 0 Å². The number of hydrogen-bond donors (Lipinski definition) is 0. The summed E-state index contributed by atoms with van der Waals surface area (Å²) in [5.41, 5.74) is 1.50. The van der Waals surface area contributed by atoms with E-state index < -0.39 is 0 Å². The summed E-state index contributed by atoms with van der Waals surface area (Å²) in [6, 6.07) is 0. The average molecular weight is 246 g/mol. The summed E-state index contributed by atoms with van der Waals surface area (Å²) in [5, 5.41) is 0. The minimum absolute atomic E-state index is 0.745. The third kappa shape index (κ3) is 1.38. The largest absolute Gasteiger partial charge is 0.0594 e. The fraction of sp³-hybridized carbons (Fsp3) is 1.00. The summed E-state index contributed by atoms with van der Waals surface area (Å²) in [4.78, 5) is 0. The zero-order chi connectivity index (χ0) is 12.4. The summed E-state index contributed by atoms with van der Waals surface area (Å²) < 4.78 is 0. The van der Waals surface area contributed by atoms with Crippen molar-refractivity contribution < 1.29 is 0 Å². The lowest BCUT2D eigenvalue weighted by molar-refractivity contribution is -0.0302. The van der Waals surface area contributed by atoms with Crippen LogP contribution in [-0.4, -0.2) is 0 Å². The van der Waals surface area contributed by atoms with Crippen molar-refractivity contribution in [2.75, 3.05) is 0 Å². The van der Waals surface area contributed by atoms with Crippen molar-refractivity contribution >= 4 is 0 Å². The van der Waals surface area contributed by atoms with Crippen LogP contribution in [0.5, 0.6) is 0 Å². The fourth-order valence-corrected chi connectivity index (χ4v) is 7.09. The van der Waals surface area contributed by atoms with E-state index in [1.807, 2.05) is 0 Å². The van der Waals surface area contributed by atoms with Crippen LogP contribution in [0.4, 0.5) is 0 Å². The Balaban J connectivity index is 1.68. The summed E-state index contributed by atoms with van der Waals surface area (Å²) in [6.07, 6.45) is 15.6. The van der Waals surface area contributed by atoms with Crippen molar-refractivity contribution in [1.29, 1.82) is 0 Å². The molecule has 102 valence electrons. The van der Waals surface area contributed by atoms with Gasteiger partial charge < -0.3 is 0 Å². The Bertz CT molecular complexity index is 346. The van der Waals surface area contributed by atoms with Gasteiger partial charge in [0.2, 0.25) is 0 Å². The van der Waals surface area contributed by atoms with Crippen LogP contribution < -0.4 is 0 Å². The normalized spacial score (nSPS) is 59.0. The molecule has 4 aliphatic rings. The number of fused-ring (bicyclic) bond motifs is 5. The molecule has 0 nitrogen and oxygen atoms in total. The second-order valence-corrected chi connectivity index (χ2v) is 8.65. The van der Waals surface area contributed by atoms with E-state index in [4.69, 9.17) is 0 Å². The van der Waals surface area contributed by atoms with Gasteiger partial charge in [0.05, 0.1) is 0 Å². The zero-order valence-corrected chi connectivity index (χ0v) is 12.4. The molecule has 0 saturated heterocycles. The van der Waals surface area contributed by atoms with Gasteiger partial charge in [-0.1, -0.05) is 33.1 Å². The van der Waals surface area contributed by atoms with Crippen LogP contribution in [0.3, 0.4) is 0 Å². The van der Waals surface area contributed by atoms with E-state index in [9.17, 15) is 0 Å². The molecular weight excluding hydrogens is 216 g/mol. The van der Waals surface area contributed by atoms with Crippen LogP contribution in [0.1, 0.15) is 78.1 Å². The maximum atomic E-state index is 2.69. The lowest BCUT2D eigenvalue weighted by atomic mass is 9.52. The molecule has 0 spiro atoms. The Morgan fingerprint density at radius 2 is 1.67 bits per heavy atom. The average Bonchev–Trinajstić information content (AvgIpc) is 2.83. The van der Waals surface area contributed by atoms with Crippen molar-refractivity contribution in [1.82, 2.24) is 0 Å². The Kier molecular flexibility index (Phi) is 2.47. The predicted octanol–water partition coefficient (Wildman–Crippen LogP) is 5.42. The van der Waals surface area contributed by atoms with Gasteiger partial charge in [0.15, 0.2) is 0 Å². The van der Waals surface area contributed by atoms with Gasteiger partial charge in [0.1, 0.15) is 0 Å². The zero-order valence-electron chi connectivity index (χ0n) is 12.4. The highest BCUT2D eigenvalue weighted by molar-refractivity contribution is 5.09. The molecule has 0 aromatic carbocycles. The Morgan fingerprint density at radius 1 is 0.778 bits per heavy atom. The quantitative estimate of drug-likeness (QED) is 0.535. The van der Waals surface area contributed by atoms with Gasteiger partial charge in [-0.3, -0.25) is 0 Å². The molecule has 18 heavy (non-hydrogen) atoms. The summed E-state index contributed by atoms with van der Waals surface area (Å²) >= 11 is 0. The highest BCUT2D eigenvalue weighted by Gasteiger charge is 2.60. The molecule has 4 fully saturated rings. The minimum atomic E-state index is 0.745. The molecular formula is C18H30. The molecule has 6 atom stereocenters. The van der Waals surface area contributed by atoms with Crippen LogP contribution in [0.25, 0.3) is 0 Å². The Hall–Kier alpha value is 0. The van der Waals surface area contributed by atoms with Gasteiger partial charge >= 0.3 is 0 Å². The molecule has 0 aromatic rings. The van der Waals surface area contributed by atoms with Gasteiger partial charge in [-0.2, -0.15) is 0 Å². The molecule has 4 rings (SSSR count). The monoisotopic (exact) mass is 246 g/mol. The maximum absolute atomic E-state index is 2.69. The summed E-state index contributed by atoms with van der Waals surface area (Å²) in [5.74, 6) is 4.43. The molecule has 0 N–H and O–H groups in total. The van der Waals surface area contributed by atoms with Crippen molar-refractivity contribution in [3.8, 4) is 0 Å². The summed E-state index contributed by atoms with van der Waals surface area (Å²) in [6.45, 7) is 5.34. The van der Waals surface area contributed by atoms with E-state index in [-0.39, 0.29) is 0 Å². The van der Waals surface area contributed by atoms with E-state index >= 15 is 0 Å². The highest BCUT2D eigenvalue weighted by Crippen LogP contribution is 2.69. The van der Waals surface area contributed by atoms with Crippen LogP contribution in [0.2, 0.25) is 0 Å². The minimum Gasteiger partial charge on any atom is -0.0594 e. The molecule has 0 amide bonds. The van der Waals surface area contributed by atoms with Crippen LogP contribution in [-0.2, 0) is 0 Å². The van der Waals surface area contributed by atoms with Crippen LogP contribution >= 0.6 is 0 Å². The predicted molar refractivity (Wildman–Crippen MR) is 76.3 cm³/mol. The molecule has 4 aliphatic carbocycles. The van der Waals surface area contributed by atoms with Crippen LogP contribution in [0, 0.1) is 34.5 Å². The van der Waals surface area contributed by atoms with E-state index in [0.717, 1.165) is 34.5 Å². The first-order chi connectivity index (χ1) is 8.63. The maximum Gasteiger partial charge on any atom is -0.0266 e. The Labute approximate surface area is 113 Å². The third-order valence-corrected chi connectivity index (χ3v) is 8.02. The van der Waals surface area contributed by atoms with Gasteiger partial charge in [-0.25, -0.2) is 0 Å². The molecule has 0 heterocycles. The molecule has 0 radical (unpaired) electrons. The number of hydrogen-bond acceptors (Lipinski definition) is 0. The molecule has 4 saturated carbocycles. The van der Waals surface area contributed by atoms with Crippen molar-refractivity contribution in [3.63, 3.8) is 0 Å². The lowest BCUT2D eigenvalue weighted by Crippen LogP contribution is -2.44. The van der Waals surface area contributed by atoms with Crippen LogP contribution in [0.15, 0.2) is 0 Å². The second kappa shape index (κ2) is 3.76. The first-order valence-corrected chi connectivity index (χ1v) is 8.63. The van der Waals surface area contributed by atoms with E-state index in [1.165, 1.54) is 19.3 Å². The number of rotatable bonds is 0. The van der Waals surface area contributed by atoms with E-state index in [1.54, 1.807) is 44.9 Å². The molecule has 3 unspecified atom stereocenters. The van der Waals surface area contributed by atoms with Gasteiger partial charge in [0.25, 0.3) is 0 Å². The topological polar surface area (TPSA) is 0 Å². The molecule has 0 heteroatoms. The molecule has 0 bridgehead atoms. The van der Waals surface area contributed by atoms with Crippen molar-refractivity contribution in [2.45, 2.75) is 78.1 Å². The fourth-order valence-electron chi connectivity index (χ4n) is 7.09. The SMILES string of the molecule is C[C@]12CCCCC1CCC1C2C[C@]2(C)CCC[C@@H]12.